The zero-order valence-electron chi connectivity index (χ0n) is 14.7. The molecule has 0 spiro atoms. The predicted octanol–water partition coefficient (Wildman–Crippen LogP) is 6.60. The number of alkyl halides is 6. The van der Waals surface area contributed by atoms with E-state index < -0.39 is 35.6 Å². The molecular weight excluding hydrogens is 486 g/mol. The van der Waals surface area contributed by atoms with Crippen molar-refractivity contribution in [3.8, 4) is 5.75 Å². The summed E-state index contributed by atoms with van der Waals surface area (Å²) in [5.74, 6) is -3.41. The lowest BCUT2D eigenvalue weighted by molar-refractivity contribution is -0.274. The van der Waals surface area contributed by atoms with Crippen LogP contribution < -0.4 is 4.74 Å². The van der Waals surface area contributed by atoms with Crippen molar-refractivity contribution in [3.63, 3.8) is 0 Å². The second-order valence-corrected chi connectivity index (χ2v) is 7.11. The Morgan fingerprint density at radius 3 is 2.13 bits per heavy atom. The molecule has 0 aliphatic rings. The molecule has 2 aromatic carbocycles. The lowest BCUT2D eigenvalue weighted by Crippen LogP contribution is -2.17. The summed E-state index contributed by atoms with van der Waals surface area (Å²) in [7, 11) is 0. The van der Waals surface area contributed by atoms with Crippen molar-refractivity contribution in [2.24, 2.45) is 0 Å². The summed E-state index contributed by atoms with van der Waals surface area (Å²) in [4.78, 5) is 11.1. The smallest absolute Gasteiger partial charge is 0.475 e. The lowest BCUT2D eigenvalue weighted by Gasteiger charge is -2.11. The standard InChI is InChI=1S/C19H11BrF6O4/c20-12-7-9(4-6-13(12)30-19(24,25)26)1-2-10-3-5-11-14(8-10)29-16(17(27)28)15(11)18(21,22)23/h3-8H,1-2H2,(H,27,28). The fourth-order valence-electron chi connectivity index (χ4n) is 2.92. The highest BCUT2D eigenvalue weighted by Crippen LogP contribution is 2.40. The van der Waals surface area contributed by atoms with Gasteiger partial charge >= 0.3 is 18.5 Å². The number of hydrogen-bond acceptors (Lipinski definition) is 3. The Balaban J connectivity index is 1.82. The SMILES string of the molecule is O=C(O)c1oc2cc(CCc3ccc(OC(F)(F)F)c(Br)c3)ccc2c1C(F)(F)F. The van der Waals surface area contributed by atoms with Gasteiger partial charge in [-0.05, 0) is 58.1 Å². The highest BCUT2D eigenvalue weighted by atomic mass is 79.9. The van der Waals surface area contributed by atoms with Crippen molar-refractivity contribution in [1.29, 1.82) is 0 Å². The summed E-state index contributed by atoms with van der Waals surface area (Å²) >= 11 is 3.00. The molecule has 160 valence electrons. The van der Waals surface area contributed by atoms with Crippen LogP contribution in [0.1, 0.15) is 27.2 Å². The van der Waals surface area contributed by atoms with Gasteiger partial charge in [-0.2, -0.15) is 13.2 Å². The van der Waals surface area contributed by atoms with Crippen molar-refractivity contribution < 1.29 is 45.4 Å². The molecule has 0 aliphatic carbocycles. The Kier molecular flexibility index (Phi) is 5.76. The summed E-state index contributed by atoms with van der Waals surface area (Å²) in [6, 6.07) is 7.89. The number of hydrogen-bond donors (Lipinski definition) is 1. The normalized spacial score (nSPS) is 12.4. The minimum atomic E-state index is -4.90. The molecule has 0 fully saturated rings. The Morgan fingerprint density at radius 2 is 1.60 bits per heavy atom. The zero-order valence-corrected chi connectivity index (χ0v) is 16.3. The first kappa shape index (κ1) is 22.0. The van der Waals surface area contributed by atoms with Gasteiger partial charge in [-0.15, -0.1) is 13.2 Å². The van der Waals surface area contributed by atoms with Crippen LogP contribution in [0.5, 0.6) is 5.75 Å². The fraction of sp³-hybridized carbons (Fsp3) is 0.211. The number of ether oxygens (including phenoxy) is 1. The Bertz CT molecular complexity index is 1100. The van der Waals surface area contributed by atoms with Gasteiger partial charge in [0.15, 0.2) is 0 Å². The number of carbonyl (C=O) groups is 1. The first-order chi connectivity index (χ1) is 13.8. The van der Waals surface area contributed by atoms with E-state index in [0.29, 0.717) is 24.0 Å². The van der Waals surface area contributed by atoms with Crippen molar-refractivity contribution in [1.82, 2.24) is 0 Å². The lowest BCUT2D eigenvalue weighted by atomic mass is 10.0. The highest BCUT2D eigenvalue weighted by molar-refractivity contribution is 9.10. The van der Waals surface area contributed by atoms with Crippen LogP contribution in [0.2, 0.25) is 0 Å². The number of rotatable bonds is 5. The minimum absolute atomic E-state index is 0.0970. The Morgan fingerprint density at radius 1 is 1.00 bits per heavy atom. The maximum absolute atomic E-state index is 13.2. The van der Waals surface area contributed by atoms with E-state index in [1.165, 1.54) is 24.3 Å². The van der Waals surface area contributed by atoms with Crippen LogP contribution >= 0.6 is 15.9 Å². The summed E-state index contributed by atoms with van der Waals surface area (Å²) in [5, 5.41) is 8.63. The van der Waals surface area contributed by atoms with Gasteiger partial charge < -0.3 is 14.3 Å². The van der Waals surface area contributed by atoms with Gasteiger partial charge in [-0.3, -0.25) is 0 Å². The number of benzene rings is 2. The molecule has 30 heavy (non-hydrogen) atoms. The number of carboxylic acids is 1. The van der Waals surface area contributed by atoms with E-state index in [1.807, 2.05) is 0 Å². The van der Waals surface area contributed by atoms with E-state index in [2.05, 4.69) is 20.7 Å². The van der Waals surface area contributed by atoms with Crippen molar-refractivity contribution in [3.05, 3.63) is 63.3 Å². The van der Waals surface area contributed by atoms with Crippen LogP contribution in [0, 0.1) is 0 Å². The third-order valence-electron chi connectivity index (χ3n) is 4.16. The molecule has 0 bridgehead atoms. The Hall–Kier alpha value is -2.69. The molecule has 0 amide bonds. The highest BCUT2D eigenvalue weighted by Gasteiger charge is 2.40. The number of halogens is 7. The van der Waals surface area contributed by atoms with Gasteiger partial charge in [-0.25, -0.2) is 4.79 Å². The fourth-order valence-corrected chi connectivity index (χ4v) is 3.43. The molecule has 1 N–H and O–H groups in total. The molecule has 0 saturated carbocycles. The van der Waals surface area contributed by atoms with E-state index >= 15 is 0 Å². The molecule has 0 atom stereocenters. The predicted molar refractivity (Wildman–Crippen MR) is 96.4 cm³/mol. The van der Waals surface area contributed by atoms with E-state index in [4.69, 9.17) is 9.52 Å². The number of aromatic carboxylic acids is 1. The Labute approximate surface area is 173 Å². The van der Waals surface area contributed by atoms with E-state index in [0.717, 1.165) is 12.1 Å². The van der Waals surface area contributed by atoms with Crippen LogP contribution in [-0.4, -0.2) is 17.4 Å². The number of furan rings is 1. The van der Waals surface area contributed by atoms with Gasteiger partial charge in [0.25, 0.3) is 0 Å². The molecule has 3 aromatic rings. The molecular formula is C19H11BrF6O4. The summed E-state index contributed by atoms with van der Waals surface area (Å²) < 4.78 is 85.4. The monoisotopic (exact) mass is 496 g/mol. The molecule has 0 radical (unpaired) electrons. The number of fused-ring (bicyclic) bond motifs is 1. The van der Waals surface area contributed by atoms with Crippen LogP contribution in [0.3, 0.4) is 0 Å². The first-order valence-electron chi connectivity index (χ1n) is 8.25. The van der Waals surface area contributed by atoms with Crippen LogP contribution in [0.15, 0.2) is 45.3 Å². The summed E-state index contributed by atoms with van der Waals surface area (Å²) in [5.41, 5.74) is -0.347. The van der Waals surface area contributed by atoms with E-state index in [9.17, 15) is 31.1 Å². The average Bonchev–Trinajstić information content (AvgIpc) is 3.00. The van der Waals surface area contributed by atoms with Crippen LogP contribution in [0.25, 0.3) is 11.0 Å². The topological polar surface area (TPSA) is 59.7 Å². The maximum Gasteiger partial charge on any atom is 0.573 e. The van der Waals surface area contributed by atoms with Gasteiger partial charge in [0.05, 0.1) is 4.47 Å². The molecule has 0 saturated heterocycles. The molecule has 3 rings (SSSR count). The number of carboxylic acid groups (broad SMARTS) is 1. The minimum Gasteiger partial charge on any atom is -0.475 e. The van der Waals surface area contributed by atoms with Gasteiger partial charge in [-0.1, -0.05) is 18.2 Å². The van der Waals surface area contributed by atoms with Gasteiger partial charge in [0.1, 0.15) is 16.9 Å². The van der Waals surface area contributed by atoms with Crippen molar-refractivity contribution in [2.75, 3.05) is 0 Å². The third kappa shape index (κ3) is 4.89. The second-order valence-electron chi connectivity index (χ2n) is 6.25. The molecule has 0 unspecified atom stereocenters. The molecule has 1 heterocycles. The van der Waals surface area contributed by atoms with Crippen LogP contribution in [0.4, 0.5) is 26.3 Å². The molecule has 11 heteroatoms. The average molecular weight is 497 g/mol. The molecule has 4 nitrogen and oxygen atoms in total. The van der Waals surface area contributed by atoms with E-state index in [-0.39, 0.29) is 15.4 Å². The van der Waals surface area contributed by atoms with Crippen molar-refractivity contribution in [2.45, 2.75) is 25.4 Å². The second kappa shape index (κ2) is 7.86. The molecule has 1 aromatic heterocycles. The summed E-state index contributed by atoms with van der Waals surface area (Å²) in [6.07, 6.45) is -9.04. The summed E-state index contributed by atoms with van der Waals surface area (Å²) in [6.45, 7) is 0. The van der Waals surface area contributed by atoms with Gasteiger partial charge in [0, 0.05) is 5.39 Å². The number of aryl methyl sites for hydroxylation is 2. The largest absolute Gasteiger partial charge is 0.573 e. The first-order valence-corrected chi connectivity index (χ1v) is 9.04. The van der Waals surface area contributed by atoms with Gasteiger partial charge in [0.2, 0.25) is 5.76 Å². The van der Waals surface area contributed by atoms with Crippen LogP contribution in [-0.2, 0) is 19.0 Å². The zero-order chi connectivity index (χ0) is 22.3. The third-order valence-corrected chi connectivity index (χ3v) is 4.78. The maximum atomic E-state index is 13.2. The quantitative estimate of drug-likeness (QED) is 0.404. The molecule has 0 aliphatic heterocycles. The van der Waals surface area contributed by atoms with E-state index in [1.54, 1.807) is 0 Å². The van der Waals surface area contributed by atoms with Crippen molar-refractivity contribution >= 4 is 32.9 Å².